The smallest absolute Gasteiger partial charge is 0.165 e. The average molecular weight is 290 g/mol. The Balaban J connectivity index is 2.19. The zero-order valence-electron chi connectivity index (χ0n) is 11.8. The molecule has 0 radical (unpaired) electrons. The van der Waals surface area contributed by atoms with E-state index >= 15 is 0 Å². The molecule has 5 heteroatoms. The lowest BCUT2D eigenvalue weighted by Gasteiger charge is -2.12. The third-order valence-corrected chi connectivity index (χ3v) is 2.96. The number of ether oxygens (including phenoxy) is 3. The lowest BCUT2D eigenvalue weighted by atomic mass is 10.2. The van der Waals surface area contributed by atoms with Crippen molar-refractivity contribution in [2.75, 3.05) is 14.2 Å². The molecular formula is C16H15FO4. The van der Waals surface area contributed by atoms with Crippen molar-refractivity contribution in [2.24, 2.45) is 0 Å². The Morgan fingerprint density at radius 1 is 1.10 bits per heavy atom. The summed E-state index contributed by atoms with van der Waals surface area (Å²) in [5.41, 5.74) is 0.947. The van der Waals surface area contributed by atoms with Gasteiger partial charge in [0.05, 0.1) is 19.8 Å². The highest BCUT2D eigenvalue weighted by Crippen LogP contribution is 2.28. The molecule has 0 aliphatic rings. The number of para-hydroxylation sites is 1. The lowest BCUT2D eigenvalue weighted by molar-refractivity contribution is 0.111. The van der Waals surface area contributed by atoms with E-state index in [1.165, 1.54) is 25.3 Å². The maximum atomic E-state index is 13.7. The second-order valence-electron chi connectivity index (χ2n) is 4.25. The van der Waals surface area contributed by atoms with Gasteiger partial charge in [-0.2, -0.15) is 0 Å². The Morgan fingerprint density at radius 3 is 2.52 bits per heavy atom. The predicted octanol–water partition coefficient (Wildman–Crippen LogP) is 3.23. The van der Waals surface area contributed by atoms with Crippen LogP contribution < -0.4 is 14.2 Å². The number of benzene rings is 2. The van der Waals surface area contributed by atoms with Crippen LogP contribution in [0.3, 0.4) is 0 Å². The van der Waals surface area contributed by atoms with Gasteiger partial charge in [0.1, 0.15) is 6.61 Å². The fourth-order valence-corrected chi connectivity index (χ4v) is 1.90. The van der Waals surface area contributed by atoms with Gasteiger partial charge in [-0.15, -0.1) is 0 Å². The first kappa shape index (κ1) is 14.8. The van der Waals surface area contributed by atoms with Gasteiger partial charge in [-0.3, -0.25) is 4.79 Å². The van der Waals surface area contributed by atoms with Crippen LogP contribution >= 0.6 is 0 Å². The summed E-state index contributed by atoms with van der Waals surface area (Å²) in [5, 5.41) is 0. The molecule has 0 saturated heterocycles. The molecular weight excluding hydrogens is 275 g/mol. The molecule has 2 aromatic carbocycles. The van der Waals surface area contributed by atoms with Crippen molar-refractivity contribution in [3.8, 4) is 17.2 Å². The summed E-state index contributed by atoms with van der Waals surface area (Å²) in [4.78, 5) is 10.9. The number of carbonyl (C=O) groups excluding carboxylic acids is 1. The highest BCUT2D eigenvalue weighted by atomic mass is 19.1. The highest BCUT2D eigenvalue weighted by molar-refractivity contribution is 5.79. The van der Waals surface area contributed by atoms with Gasteiger partial charge < -0.3 is 14.2 Å². The van der Waals surface area contributed by atoms with Crippen LogP contribution in [-0.4, -0.2) is 20.5 Å². The van der Waals surface area contributed by atoms with Gasteiger partial charge in [-0.25, -0.2) is 4.39 Å². The summed E-state index contributed by atoms with van der Waals surface area (Å²) >= 11 is 0. The van der Waals surface area contributed by atoms with E-state index < -0.39 is 5.82 Å². The second kappa shape index (κ2) is 6.74. The molecule has 110 valence electrons. The van der Waals surface area contributed by atoms with Crippen LogP contribution in [0.1, 0.15) is 15.9 Å². The van der Waals surface area contributed by atoms with E-state index in [1.54, 1.807) is 25.3 Å². The molecule has 2 rings (SSSR count). The van der Waals surface area contributed by atoms with Crippen molar-refractivity contribution in [1.29, 1.82) is 0 Å². The van der Waals surface area contributed by atoms with Crippen molar-refractivity contribution in [2.45, 2.75) is 6.61 Å². The van der Waals surface area contributed by atoms with Gasteiger partial charge in [0.15, 0.2) is 29.4 Å². The van der Waals surface area contributed by atoms with Crippen molar-refractivity contribution in [1.82, 2.24) is 0 Å². The van der Waals surface area contributed by atoms with Crippen LogP contribution in [0.4, 0.5) is 4.39 Å². The first-order chi connectivity index (χ1) is 10.2. The minimum Gasteiger partial charge on any atom is -0.493 e. The molecule has 0 aliphatic heterocycles. The molecule has 0 bridgehead atoms. The maximum absolute atomic E-state index is 13.7. The molecule has 0 atom stereocenters. The van der Waals surface area contributed by atoms with E-state index in [9.17, 15) is 9.18 Å². The maximum Gasteiger partial charge on any atom is 0.165 e. The highest BCUT2D eigenvalue weighted by Gasteiger charge is 2.10. The van der Waals surface area contributed by atoms with E-state index in [1.807, 2.05) is 0 Å². The van der Waals surface area contributed by atoms with Crippen LogP contribution in [-0.2, 0) is 6.61 Å². The van der Waals surface area contributed by atoms with Gasteiger partial charge in [-0.05, 0) is 29.8 Å². The number of methoxy groups -OCH3 is 2. The van der Waals surface area contributed by atoms with E-state index in [-0.39, 0.29) is 17.9 Å². The minimum atomic E-state index is -0.569. The van der Waals surface area contributed by atoms with Gasteiger partial charge in [-0.1, -0.05) is 12.1 Å². The van der Waals surface area contributed by atoms with Crippen LogP contribution in [0.2, 0.25) is 0 Å². The van der Waals surface area contributed by atoms with Gasteiger partial charge in [0, 0.05) is 0 Å². The average Bonchev–Trinajstić information content (AvgIpc) is 2.53. The van der Waals surface area contributed by atoms with Gasteiger partial charge in [0.25, 0.3) is 0 Å². The van der Waals surface area contributed by atoms with Crippen molar-refractivity contribution in [3.63, 3.8) is 0 Å². The van der Waals surface area contributed by atoms with Gasteiger partial charge >= 0.3 is 0 Å². The molecule has 0 amide bonds. The summed E-state index contributed by atoms with van der Waals surface area (Å²) in [6.45, 7) is 0.113. The van der Waals surface area contributed by atoms with Gasteiger partial charge in [0.2, 0.25) is 0 Å². The zero-order valence-corrected chi connectivity index (χ0v) is 11.8. The standard InChI is InChI=1S/C16H15FO4/c1-19-14-7-6-11(8-15(14)20-2)10-21-16-12(9-18)4-3-5-13(16)17/h3-9H,10H2,1-2H3. The third kappa shape index (κ3) is 3.31. The Hall–Kier alpha value is -2.56. The molecule has 21 heavy (non-hydrogen) atoms. The monoisotopic (exact) mass is 290 g/mol. The molecule has 2 aromatic rings. The topological polar surface area (TPSA) is 44.8 Å². The van der Waals surface area contributed by atoms with E-state index in [4.69, 9.17) is 14.2 Å². The number of hydrogen-bond donors (Lipinski definition) is 0. The summed E-state index contributed by atoms with van der Waals surface area (Å²) in [6.07, 6.45) is 0.563. The first-order valence-corrected chi connectivity index (χ1v) is 6.27. The summed E-state index contributed by atoms with van der Waals surface area (Å²) in [7, 11) is 3.08. The molecule has 0 unspecified atom stereocenters. The Morgan fingerprint density at radius 2 is 1.86 bits per heavy atom. The molecule has 0 aromatic heterocycles. The number of carbonyl (C=O) groups is 1. The summed E-state index contributed by atoms with van der Waals surface area (Å²) < 4.78 is 29.4. The zero-order chi connectivity index (χ0) is 15.2. The number of aldehydes is 1. The van der Waals surface area contributed by atoms with E-state index in [2.05, 4.69) is 0 Å². The number of rotatable bonds is 6. The normalized spacial score (nSPS) is 10.0. The van der Waals surface area contributed by atoms with E-state index in [0.29, 0.717) is 17.8 Å². The SMILES string of the molecule is COc1ccc(COc2c(F)cccc2C=O)cc1OC. The van der Waals surface area contributed by atoms with E-state index in [0.717, 1.165) is 5.56 Å². The Bertz CT molecular complexity index is 640. The fourth-order valence-electron chi connectivity index (χ4n) is 1.90. The van der Waals surface area contributed by atoms with Crippen LogP contribution in [0.5, 0.6) is 17.2 Å². The predicted molar refractivity (Wildman–Crippen MR) is 75.7 cm³/mol. The van der Waals surface area contributed by atoms with Crippen molar-refractivity contribution < 1.29 is 23.4 Å². The Labute approximate surface area is 122 Å². The lowest BCUT2D eigenvalue weighted by Crippen LogP contribution is -2.01. The van der Waals surface area contributed by atoms with Crippen molar-refractivity contribution >= 4 is 6.29 Å². The third-order valence-electron chi connectivity index (χ3n) is 2.96. The van der Waals surface area contributed by atoms with Crippen molar-refractivity contribution in [3.05, 3.63) is 53.3 Å². The largest absolute Gasteiger partial charge is 0.493 e. The van der Waals surface area contributed by atoms with Crippen LogP contribution in [0, 0.1) is 5.82 Å². The molecule has 0 heterocycles. The number of halogens is 1. The van der Waals surface area contributed by atoms with Crippen LogP contribution in [0.25, 0.3) is 0 Å². The number of hydrogen-bond acceptors (Lipinski definition) is 4. The summed E-state index contributed by atoms with van der Waals surface area (Å²) in [6, 6.07) is 9.46. The minimum absolute atomic E-state index is 0.0534. The fraction of sp³-hybridized carbons (Fsp3) is 0.188. The summed E-state index contributed by atoms with van der Waals surface area (Å²) in [5.74, 6) is 0.533. The second-order valence-corrected chi connectivity index (χ2v) is 4.25. The quantitative estimate of drug-likeness (QED) is 0.766. The molecule has 0 aliphatic carbocycles. The molecule has 4 nitrogen and oxygen atoms in total. The molecule has 0 saturated carbocycles. The molecule has 0 spiro atoms. The molecule has 0 N–H and O–H groups in total. The molecule has 0 fully saturated rings. The van der Waals surface area contributed by atoms with Crippen LogP contribution in [0.15, 0.2) is 36.4 Å². The Kier molecular flexibility index (Phi) is 4.77. The first-order valence-electron chi connectivity index (χ1n) is 6.27.